The average Bonchev–Trinajstić information content (AvgIpc) is 2.42. The van der Waals surface area contributed by atoms with Crippen molar-refractivity contribution < 1.29 is 19.5 Å². The summed E-state index contributed by atoms with van der Waals surface area (Å²) in [4.78, 5) is 34.7. The van der Waals surface area contributed by atoms with Crippen molar-refractivity contribution in [3.63, 3.8) is 0 Å². The molecule has 7 nitrogen and oxygen atoms in total. The zero-order valence-corrected chi connectivity index (χ0v) is 10.2. The molecule has 0 fully saturated rings. The van der Waals surface area contributed by atoms with Crippen LogP contribution < -0.4 is 16.0 Å². The van der Waals surface area contributed by atoms with Gasteiger partial charge in [-0.1, -0.05) is 18.2 Å². The Morgan fingerprint density at radius 3 is 2.37 bits per heavy atom. The smallest absolute Gasteiger partial charge is 0.323 e. The predicted octanol–water partition coefficient (Wildman–Crippen LogP) is -0.821. The zero-order valence-electron chi connectivity index (χ0n) is 10.2. The standard InChI is InChI=1S/C12H15N3O4/c13-6-10(16)14-7-11(17)15(8-12(18)19)9-4-2-1-3-5-9/h1-5H,6-8,13H2,(H,14,16)(H,18,19). The average molecular weight is 265 g/mol. The first-order chi connectivity index (χ1) is 9.04. The summed E-state index contributed by atoms with van der Waals surface area (Å²) >= 11 is 0. The molecule has 0 bridgehead atoms. The molecule has 19 heavy (non-hydrogen) atoms. The fourth-order valence-corrected chi connectivity index (χ4v) is 1.41. The van der Waals surface area contributed by atoms with Crippen LogP contribution in [0.15, 0.2) is 30.3 Å². The zero-order chi connectivity index (χ0) is 14.3. The van der Waals surface area contributed by atoms with E-state index in [1.54, 1.807) is 30.3 Å². The molecule has 4 N–H and O–H groups in total. The molecule has 102 valence electrons. The minimum atomic E-state index is -1.14. The Hall–Kier alpha value is -2.41. The van der Waals surface area contributed by atoms with Crippen LogP contribution in [0.25, 0.3) is 0 Å². The molecular formula is C12H15N3O4. The molecule has 1 rings (SSSR count). The minimum absolute atomic E-state index is 0.225. The number of anilines is 1. The van der Waals surface area contributed by atoms with E-state index in [2.05, 4.69) is 5.32 Å². The van der Waals surface area contributed by atoms with E-state index < -0.39 is 24.3 Å². The number of carbonyl (C=O) groups is 3. The van der Waals surface area contributed by atoms with Crippen LogP contribution in [0.3, 0.4) is 0 Å². The fraction of sp³-hybridized carbons (Fsp3) is 0.250. The number of hydrogen-bond donors (Lipinski definition) is 3. The summed E-state index contributed by atoms with van der Waals surface area (Å²) in [5, 5.41) is 11.1. The quantitative estimate of drug-likeness (QED) is 0.622. The minimum Gasteiger partial charge on any atom is -0.480 e. The van der Waals surface area contributed by atoms with Crippen molar-refractivity contribution in [2.45, 2.75) is 0 Å². The Bertz CT molecular complexity index is 461. The first-order valence-electron chi connectivity index (χ1n) is 5.58. The van der Waals surface area contributed by atoms with Gasteiger partial charge in [0.25, 0.3) is 0 Å². The highest BCUT2D eigenvalue weighted by atomic mass is 16.4. The van der Waals surface area contributed by atoms with Gasteiger partial charge < -0.3 is 16.2 Å². The van der Waals surface area contributed by atoms with Gasteiger partial charge in [0, 0.05) is 5.69 Å². The van der Waals surface area contributed by atoms with Gasteiger partial charge in [0.15, 0.2) is 0 Å². The van der Waals surface area contributed by atoms with Crippen molar-refractivity contribution in [2.24, 2.45) is 5.73 Å². The Morgan fingerprint density at radius 1 is 1.21 bits per heavy atom. The van der Waals surface area contributed by atoms with Crippen LogP contribution in [0.1, 0.15) is 0 Å². The van der Waals surface area contributed by atoms with E-state index in [-0.39, 0.29) is 13.1 Å². The number of rotatable bonds is 6. The molecule has 0 atom stereocenters. The first kappa shape index (κ1) is 14.7. The Kier molecular flexibility index (Phi) is 5.49. The van der Waals surface area contributed by atoms with E-state index in [4.69, 9.17) is 10.8 Å². The van der Waals surface area contributed by atoms with E-state index in [1.165, 1.54) is 0 Å². The van der Waals surface area contributed by atoms with Crippen molar-refractivity contribution in [1.29, 1.82) is 0 Å². The molecule has 0 aromatic heterocycles. The van der Waals surface area contributed by atoms with Gasteiger partial charge in [-0.15, -0.1) is 0 Å². The number of carbonyl (C=O) groups excluding carboxylic acids is 2. The van der Waals surface area contributed by atoms with Crippen molar-refractivity contribution in [3.8, 4) is 0 Å². The van der Waals surface area contributed by atoms with Gasteiger partial charge in [-0.05, 0) is 12.1 Å². The van der Waals surface area contributed by atoms with Crippen LogP contribution in [-0.4, -0.2) is 42.5 Å². The number of carboxylic acid groups (broad SMARTS) is 1. The number of nitrogens with zero attached hydrogens (tertiary/aromatic N) is 1. The monoisotopic (exact) mass is 265 g/mol. The van der Waals surface area contributed by atoms with Crippen LogP contribution in [0.2, 0.25) is 0 Å². The molecule has 0 saturated heterocycles. The fourth-order valence-electron chi connectivity index (χ4n) is 1.41. The topological polar surface area (TPSA) is 113 Å². The molecule has 0 spiro atoms. The number of nitrogens with one attached hydrogen (secondary N) is 1. The molecule has 0 unspecified atom stereocenters. The number of nitrogens with two attached hydrogens (primary N) is 1. The number of carboxylic acids is 1. The van der Waals surface area contributed by atoms with Crippen LogP contribution in [0.5, 0.6) is 0 Å². The van der Waals surface area contributed by atoms with E-state index in [9.17, 15) is 14.4 Å². The molecule has 0 heterocycles. The number of amides is 2. The van der Waals surface area contributed by atoms with Gasteiger partial charge in [0.1, 0.15) is 6.54 Å². The van der Waals surface area contributed by atoms with Crippen molar-refractivity contribution in [2.75, 3.05) is 24.5 Å². The molecule has 0 aliphatic rings. The number of hydrogen-bond acceptors (Lipinski definition) is 4. The molecule has 0 saturated carbocycles. The van der Waals surface area contributed by atoms with Crippen LogP contribution in [0, 0.1) is 0 Å². The summed E-state index contributed by atoms with van der Waals surface area (Å²) < 4.78 is 0. The van der Waals surface area contributed by atoms with Crippen molar-refractivity contribution in [3.05, 3.63) is 30.3 Å². The molecule has 0 aliphatic carbocycles. The summed E-state index contributed by atoms with van der Waals surface area (Å²) in [5.74, 6) is -2.13. The third-order valence-electron chi connectivity index (χ3n) is 2.28. The van der Waals surface area contributed by atoms with Gasteiger partial charge in [0.2, 0.25) is 11.8 Å². The second kappa shape index (κ2) is 7.12. The van der Waals surface area contributed by atoms with Crippen molar-refractivity contribution in [1.82, 2.24) is 5.32 Å². The lowest BCUT2D eigenvalue weighted by molar-refractivity contribution is -0.136. The summed E-state index contributed by atoms with van der Waals surface area (Å²) in [6.07, 6.45) is 0. The normalized spacial score (nSPS) is 9.74. The number of para-hydroxylation sites is 1. The lowest BCUT2D eigenvalue weighted by Gasteiger charge is -2.20. The van der Waals surface area contributed by atoms with E-state index in [1.807, 2.05) is 0 Å². The van der Waals surface area contributed by atoms with E-state index in [0.717, 1.165) is 4.90 Å². The SMILES string of the molecule is NCC(=O)NCC(=O)N(CC(=O)O)c1ccccc1. The molecular weight excluding hydrogens is 250 g/mol. The first-order valence-corrected chi connectivity index (χ1v) is 5.58. The van der Waals surface area contributed by atoms with Gasteiger partial charge in [-0.25, -0.2) is 0 Å². The molecule has 1 aromatic rings. The second-order valence-corrected chi connectivity index (χ2v) is 3.69. The third kappa shape index (κ3) is 4.76. The maximum atomic E-state index is 11.9. The largest absolute Gasteiger partial charge is 0.480 e. The van der Waals surface area contributed by atoms with Gasteiger partial charge in [0.05, 0.1) is 13.1 Å². The highest BCUT2D eigenvalue weighted by Gasteiger charge is 2.18. The molecule has 0 aliphatic heterocycles. The Labute approximate surface area is 110 Å². The summed E-state index contributed by atoms with van der Waals surface area (Å²) in [6, 6.07) is 8.37. The van der Waals surface area contributed by atoms with Crippen LogP contribution in [-0.2, 0) is 14.4 Å². The van der Waals surface area contributed by atoms with Gasteiger partial charge in [-0.2, -0.15) is 0 Å². The van der Waals surface area contributed by atoms with E-state index in [0.29, 0.717) is 5.69 Å². The van der Waals surface area contributed by atoms with Gasteiger partial charge in [-0.3, -0.25) is 19.3 Å². The van der Waals surface area contributed by atoms with Crippen LogP contribution >= 0.6 is 0 Å². The highest BCUT2D eigenvalue weighted by Crippen LogP contribution is 2.12. The molecule has 2 amide bonds. The van der Waals surface area contributed by atoms with Gasteiger partial charge >= 0.3 is 5.97 Å². The van der Waals surface area contributed by atoms with E-state index >= 15 is 0 Å². The van der Waals surface area contributed by atoms with Crippen molar-refractivity contribution >= 4 is 23.5 Å². The second-order valence-electron chi connectivity index (χ2n) is 3.69. The maximum Gasteiger partial charge on any atom is 0.323 e. The Balaban J connectivity index is 2.77. The number of benzene rings is 1. The molecule has 7 heteroatoms. The lowest BCUT2D eigenvalue weighted by atomic mass is 10.2. The Morgan fingerprint density at radius 2 is 1.84 bits per heavy atom. The summed E-state index contributed by atoms with van der Waals surface area (Å²) in [6.45, 7) is -0.989. The van der Waals surface area contributed by atoms with Crippen LogP contribution in [0.4, 0.5) is 5.69 Å². The molecule has 0 radical (unpaired) electrons. The lowest BCUT2D eigenvalue weighted by Crippen LogP contribution is -2.44. The maximum absolute atomic E-state index is 11.9. The highest BCUT2D eigenvalue weighted by molar-refractivity contribution is 5.99. The predicted molar refractivity (Wildman–Crippen MR) is 68.5 cm³/mol. The number of aliphatic carboxylic acids is 1. The summed E-state index contributed by atoms with van der Waals surface area (Å²) in [7, 11) is 0. The third-order valence-corrected chi connectivity index (χ3v) is 2.28. The summed E-state index contributed by atoms with van der Waals surface area (Å²) in [5.41, 5.74) is 5.55. The molecule has 1 aromatic carbocycles.